The Labute approximate surface area is 184 Å². The van der Waals surface area contributed by atoms with Gasteiger partial charge < -0.3 is 20.1 Å². The second-order valence-corrected chi connectivity index (χ2v) is 6.33. The van der Waals surface area contributed by atoms with Crippen molar-refractivity contribution in [1.29, 1.82) is 0 Å². The highest BCUT2D eigenvalue weighted by Crippen LogP contribution is 2.27. The summed E-state index contributed by atoms with van der Waals surface area (Å²) >= 11 is 0. The first kappa shape index (κ1) is 24.1. The third kappa shape index (κ3) is 6.29. The Hall–Kier alpha value is -1.97. The Balaban J connectivity index is 0.00000392. The molecular weight excluding hydrogens is 469 g/mol. The van der Waals surface area contributed by atoms with Crippen LogP contribution in [0.15, 0.2) is 23.2 Å². The smallest absolute Gasteiger partial charge is 0.191 e. The molecule has 0 amide bonds. The fraction of sp³-hybridized carbons (Fsp3) is 0.500. The lowest BCUT2D eigenvalue weighted by atomic mass is 10.1. The number of aliphatic imine (C=N–C) groups is 1. The lowest BCUT2D eigenvalue weighted by Crippen LogP contribution is -2.38. The Bertz CT molecular complexity index is 789. The highest BCUT2D eigenvalue weighted by Gasteiger charge is 2.09. The van der Waals surface area contributed by atoms with Gasteiger partial charge in [0.2, 0.25) is 0 Å². The largest absolute Gasteiger partial charge is 0.493 e. The van der Waals surface area contributed by atoms with Crippen LogP contribution in [0.2, 0.25) is 0 Å². The SMILES string of the molecule is CCNC(=NCc1c(C)nn(C)c1C)NCCc1ccc(OC)c(OC)c1.I. The monoisotopic (exact) mass is 501 g/mol. The number of ether oxygens (including phenoxy) is 2. The maximum absolute atomic E-state index is 5.37. The first-order valence-corrected chi connectivity index (χ1v) is 9.22. The van der Waals surface area contributed by atoms with Gasteiger partial charge in [0.1, 0.15) is 0 Å². The zero-order valence-corrected chi connectivity index (χ0v) is 20.0. The summed E-state index contributed by atoms with van der Waals surface area (Å²) in [5.74, 6) is 2.30. The van der Waals surface area contributed by atoms with Crippen molar-refractivity contribution in [3.8, 4) is 11.5 Å². The molecule has 0 aliphatic heterocycles. The number of aryl methyl sites for hydroxylation is 2. The van der Waals surface area contributed by atoms with Gasteiger partial charge >= 0.3 is 0 Å². The molecule has 1 heterocycles. The maximum Gasteiger partial charge on any atom is 0.191 e. The van der Waals surface area contributed by atoms with Crippen LogP contribution in [-0.2, 0) is 20.0 Å². The summed E-state index contributed by atoms with van der Waals surface area (Å²) < 4.78 is 12.6. The molecule has 0 atom stereocenters. The van der Waals surface area contributed by atoms with Crippen LogP contribution in [0.4, 0.5) is 0 Å². The van der Waals surface area contributed by atoms with Crippen LogP contribution in [0.5, 0.6) is 11.5 Å². The second-order valence-electron chi connectivity index (χ2n) is 6.33. The predicted molar refractivity (Wildman–Crippen MR) is 124 cm³/mol. The number of methoxy groups -OCH3 is 2. The molecule has 2 aromatic rings. The molecule has 2 N–H and O–H groups in total. The fourth-order valence-corrected chi connectivity index (χ4v) is 2.91. The molecule has 1 aromatic heterocycles. The van der Waals surface area contributed by atoms with Crippen LogP contribution in [0, 0.1) is 13.8 Å². The highest BCUT2D eigenvalue weighted by molar-refractivity contribution is 14.0. The number of nitrogens with zero attached hydrogens (tertiary/aromatic N) is 3. The number of hydrogen-bond acceptors (Lipinski definition) is 4. The topological polar surface area (TPSA) is 72.7 Å². The van der Waals surface area contributed by atoms with Crippen molar-refractivity contribution in [2.45, 2.75) is 33.7 Å². The van der Waals surface area contributed by atoms with Crippen molar-refractivity contribution in [3.05, 3.63) is 40.7 Å². The summed E-state index contributed by atoms with van der Waals surface area (Å²) in [6.45, 7) is 8.35. The van der Waals surface area contributed by atoms with Gasteiger partial charge in [0, 0.05) is 31.4 Å². The number of hydrogen-bond donors (Lipinski definition) is 2. The van der Waals surface area contributed by atoms with E-state index in [1.54, 1.807) is 14.2 Å². The van der Waals surface area contributed by atoms with E-state index in [1.165, 1.54) is 11.1 Å². The van der Waals surface area contributed by atoms with E-state index in [0.717, 1.165) is 48.4 Å². The molecule has 0 saturated heterocycles. The van der Waals surface area contributed by atoms with E-state index in [2.05, 4.69) is 35.6 Å². The lowest BCUT2D eigenvalue weighted by molar-refractivity contribution is 0.354. The Morgan fingerprint density at radius 3 is 2.43 bits per heavy atom. The zero-order chi connectivity index (χ0) is 19.8. The minimum atomic E-state index is 0. The van der Waals surface area contributed by atoms with Crippen molar-refractivity contribution in [3.63, 3.8) is 0 Å². The summed E-state index contributed by atoms with van der Waals surface area (Å²) in [5.41, 5.74) is 4.53. The van der Waals surface area contributed by atoms with Crippen molar-refractivity contribution >= 4 is 29.9 Å². The van der Waals surface area contributed by atoms with Crippen LogP contribution >= 0.6 is 24.0 Å². The minimum absolute atomic E-state index is 0. The Morgan fingerprint density at radius 1 is 1.14 bits per heavy atom. The molecule has 156 valence electrons. The van der Waals surface area contributed by atoms with Gasteiger partial charge in [-0.05, 0) is 44.9 Å². The number of aromatic nitrogens is 2. The lowest BCUT2D eigenvalue weighted by Gasteiger charge is -2.13. The van der Waals surface area contributed by atoms with Crippen molar-refractivity contribution in [2.75, 3.05) is 27.3 Å². The van der Waals surface area contributed by atoms with Crippen LogP contribution in [0.3, 0.4) is 0 Å². The molecule has 0 aliphatic rings. The Morgan fingerprint density at radius 2 is 1.86 bits per heavy atom. The van der Waals surface area contributed by atoms with Gasteiger partial charge in [-0.2, -0.15) is 5.10 Å². The van der Waals surface area contributed by atoms with Gasteiger partial charge in [-0.1, -0.05) is 6.07 Å². The van der Waals surface area contributed by atoms with E-state index >= 15 is 0 Å². The summed E-state index contributed by atoms with van der Waals surface area (Å²) in [6, 6.07) is 5.99. The first-order valence-electron chi connectivity index (χ1n) is 9.22. The molecule has 1 aromatic carbocycles. The van der Waals surface area contributed by atoms with Crippen molar-refractivity contribution < 1.29 is 9.47 Å². The third-order valence-electron chi connectivity index (χ3n) is 4.55. The van der Waals surface area contributed by atoms with Crippen LogP contribution in [0.1, 0.15) is 29.4 Å². The maximum atomic E-state index is 5.37. The zero-order valence-electron chi connectivity index (χ0n) is 17.6. The molecule has 0 radical (unpaired) electrons. The van der Waals surface area contributed by atoms with Gasteiger partial charge in [-0.25, -0.2) is 4.99 Å². The molecule has 0 bridgehead atoms. The first-order chi connectivity index (χ1) is 13.0. The number of guanidine groups is 1. The van der Waals surface area contributed by atoms with Gasteiger partial charge in [0.15, 0.2) is 17.5 Å². The number of halogens is 1. The number of nitrogens with one attached hydrogen (secondary N) is 2. The molecule has 2 rings (SSSR count). The molecule has 0 spiro atoms. The molecular formula is C20H32IN5O2. The van der Waals surface area contributed by atoms with Gasteiger partial charge in [0.05, 0.1) is 26.5 Å². The number of rotatable bonds is 8. The molecule has 0 aliphatic carbocycles. The summed E-state index contributed by atoms with van der Waals surface area (Å²) in [5, 5.41) is 11.1. The standard InChI is InChI=1S/C20H31N5O2.HI/c1-7-21-20(23-13-17-14(2)24-25(4)15(17)3)22-11-10-16-8-9-18(26-5)19(12-16)27-6;/h8-9,12H,7,10-11,13H2,1-6H3,(H2,21,22,23);1H. The molecule has 28 heavy (non-hydrogen) atoms. The van der Waals surface area contributed by atoms with E-state index in [4.69, 9.17) is 14.5 Å². The summed E-state index contributed by atoms with van der Waals surface area (Å²) in [7, 11) is 5.25. The highest BCUT2D eigenvalue weighted by atomic mass is 127. The van der Waals surface area contributed by atoms with Crippen molar-refractivity contribution in [1.82, 2.24) is 20.4 Å². The average molecular weight is 501 g/mol. The molecule has 7 nitrogen and oxygen atoms in total. The normalized spacial score (nSPS) is 11.0. The molecule has 0 saturated carbocycles. The van der Waals surface area contributed by atoms with E-state index in [0.29, 0.717) is 6.54 Å². The van der Waals surface area contributed by atoms with Crippen molar-refractivity contribution in [2.24, 2.45) is 12.0 Å². The van der Waals surface area contributed by atoms with Crippen LogP contribution < -0.4 is 20.1 Å². The van der Waals surface area contributed by atoms with Gasteiger partial charge in [-0.15, -0.1) is 24.0 Å². The summed E-state index contributed by atoms with van der Waals surface area (Å²) in [4.78, 5) is 4.71. The van der Waals surface area contributed by atoms with Gasteiger partial charge in [0.25, 0.3) is 0 Å². The quantitative estimate of drug-likeness (QED) is 0.331. The third-order valence-corrected chi connectivity index (χ3v) is 4.55. The minimum Gasteiger partial charge on any atom is -0.493 e. The molecule has 8 heteroatoms. The van der Waals surface area contributed by atoms with E-state index in [-0.39, 0.29) is 24.0 Å². The predicted octanol–water partition coefficient (Wildman–Crippen LogP) is 2.97. The molecule has 0 unspecified atom stereocenters. The molecule has 0 fully saturated rings. The average Bonchev–Trinajstić information content (AvgIpc) is 2.91. The van der Waals surface area contributed by atoms with E-state index in [9.17, 15) is 0 Å². The van der Waals surface area contributed by atoms with Gasteiger partial charge in [-0.3, -0.25) is 4.68 Å². The summed E-state index contributed by atoms with van der Waals surface area (Å²) in [6.07, 6.45) is 0.857. The van der Waals surface area contributed by atoms with Crippen LogP contribution in [-0.4, -0.2) is 43.0 Å². The Kier molecular flexibility index (Phi) is 10.1. The number of benzene rings is 1. The van der Waals surface area contributed by atoms with Crippen LogP contribution in [0.25, 0.3) is 0 Å². The van der Waals surface area contributed by atoms with E-state index in [1.807, 2.05) is 30.8 Å². The fourth-order valence-electron chi connectivity index (χ4n) is 2.91. The second kappa shape index (κ2) is 11.8. The van der Waals surface area contributed by atoms with E-state index < -0.39 is 0 Å².